The van der Waals surface area contributed by atoms with Gasteiger partial charge in [-0.3, -0.25) is 9.59 Å². The number of ether oxygens (including phenoxy) is 1. The molecule has 0 heterocycles. The number of nitrogens with two attached hydrogens (primary N) is 1. The minimum atomic E-state index is -4.57. The van der Waals surface area contributed by atoms with Crippen LogP contribution in [0.1, 0.15) is 18.1 Å². The molecule has 0 fully saturated rings. The third-order valence-corrected chi connectivity index (χ3v) is 3.10. The Labute approximate surface area is 123 Å². The number of anilines is 2. The molecule has 0 unspecified atom stereocenters. The molecule has 0 aliphatic heterocycles. The van der Waals surface area contributed by atoms with Crippen LogP contribution in [0.25, 0.3) is 0 Å². The van der Waals surface area contributed by atoms with Crippen LogP contribution in [0.5, 0.6) is 5.75 Å². The summed E-state index contributed by atoms with van der Waals surface area (Å²) in [7, 11) is 0. The lowest BCUT2D eigenvalue weighted by Gasteiger charge is -2.16. The SMILES string of the molecule is CCOc1ccc(CNc2c(N)c(=O)c2=O)c(C(F)(F)F)c1. The number of alkyl halides is 3. The third-order valence-electron chi connectivity index (χ3n) is 3.10. The molecule has 8 heteroatoms. The van der Waals surface area contributed by atoms with Gasteiger partial charge in [-0.15, -0.1) is 0 Å². The van der Waals surface area contributed by atoms with Crippen LogP contribution < -0.4 is 26.6 Å². The van der Waals surface area contributed by atoms with Crippen LogP contribution >= 0.6 is 0 Å². The number of nitrogens with one attached hydrogen (secondary N) is 1. The van der Waals surface area contributed by atoms with E-state index in [0.717, 1.165) is 6.07 Å². The van der Waals surface area contributed by atoms with E-state index in [0.29, 0.717) is 0 Å². The molecule has 0 aliphatic carbocycles. The number of halogens is 3. The van der Waals surface area contributed by atoms with Gasteiger partial charge in [0.15, 0.2) is 0 Å². The Bertz CT molecular complexity index is 762. The van der Waals surface area contributed by atoms with Crippen LogP contribution in [0.3, 0.4) is 0 Å². The van der Waals surface area contributed by atoms with Crippen LogP contribution in [0.2, 0.25) is 0 Å². The Morgan fingerprint density at radius 2 is 1.91 bits per heavy atom. The maximum Gasteiger partial charge on any atom is 0.416 e. The van der Waals surface area contributed by atoms with Crippen LogP contribution in [-0.2, 0) is 12.7 Å². The van der Waals surface area contributed by atoms with Gasteiger partial charge in [0.05, 0.1) is 12.2 Å². The molecule has 3 N–H and O–H groups in total. The average molecular weight is 314 g/mol. The van der Waals surface area contributed by atoms with Gasteiger partial charge in [0.1, 0.15) is 17.1 Å². The smallest absolute Gasteiger partial charge is 0.416 e. The molecule has 0 aliphatic rings. The molecule has 0 spiro atoms. The molecule has 2 aromatic rings. The van der Waals surface area contributed by atoms with Gasteiger partial charge in [-0.25, -0.2) is 0 Å². The molecule has 0 bridgehead atoms. The van der Waals surface area contributed by atoms with E-state index >= 15 is 0 Å². The van der Waals surface area contributed by atoms with E-state index in [-0.39, 0.29) is 35.8 Å². The van der Waals surface area contributed by atoms with E-state index in [1.807, 2.05) is 0 Å². The number of hydrogen-bond donors (Lipinski definition) is 2. The topological polar surface area (TPSA) is 81.4 Å². The molecule has 118 valence electrons. The molecule has 0 radical (unpaired) electrons. The monoisotopic (exact) mass is 314 g/mol. The number of rotatable bonds is 5. The Morgan fingerprint density at radius 3 is 2.45 bits per heavy atom. The van der Waals surface area contributed by atoms with E-state index in [9.17, 15) is 22.8 Å². The van der Waals surface area contributed by atoms with E-state index in [1.165, 1.54) is 12.1 Å². The second-order valence-electron chi connectivity index (χ2n) is 4.55. The van der Waals surface area contributed by atoms with Gasteiger partial charge in [-0.2, -0.15) is 13.2 Å². The second kappa shape index (κ2) is 5.70. The highest BCUT2D eigenvalue weighted by Gasteiger charge is 2.34. The first-order chi connectivity index (χ1) is 10.3. The van der Waals surface area contributed by atoms with Gasteiger partial charge in [0.2, 0.25) is 0 Å². The van der Waals surface area contributed by atoms with Crippen molar-refractivity contribution < 1.29 is 17.9 Å². The number of benzene rings is 1. The molecule has 0 atom stereocenters. The highest BCUT2D eigenvalue weighted by Crippen LogP contribution is 2.34. The van der Waals surface area contributed by atoms with Crippen molar-refractivity contribution in [3.63, 3.8) is 0 Å². The van der Waals surface area contributed by atoms with E-state index in [4.69, 9.17) is 10.5 Å². The van der Waals surface area contributed by atoms with Gasteiger partial charge in [-0.1, -0.05) is 6.07 Å². The van der Waals surface area contributed by atoms with Crippen LogP contribution in [-0.4, -0.2) is 6.61 Å². The van der Waals surface area contributed by atoms with Crippen molar-refractivity contribution in [1.29, 1.82) is 0 Å². The zero-order chi connectivity index (χ0) is 16.5. The fourth-order valence-corrected chi connectivity index (χ4v) is 2.00. The molecular formula is C14H13F3N2O3. The van der Waals surface area contributed by atoms with Crippen molar-refractivity contribution in [3.8, 4) is 5.75 Å². The van der Waals surface area contributed by atoms with E-state index in [2.05, 4.69) is 5.32 Å². The van der Waals surface area contributed by atoms with Crippen molar-refractivity contribution in [3.05, 3.63) is 49.8 Å². The summed E-state index contributed by atoms with van der Waals surface area (Å²) < 4.78 is 44.2. The van der Waals surface area contributed by atoms with Crippen molar-refractivity contribution >= 4 is 11.4 Å². The summed E-state index contributed by atoms with van der Waals surface area (Å²) >= 11 is 0. The fourth-order valence-electron chi connectivity index (χ4n) is 2.00. The standard InChI is InChI=1S/C14H13F3N2O3/c1-2-22-8-4-3-7(9(5-8)14(15,16)17)6-19-11-10(18)12(20)13(11)21/h3-5,19H,2,6,18H2,1H3. The maximum absolute atomic E-state index is 13.1. The van der Waals surface area contributed by atoms with Gasteiger partial charge in [0, 0.05) is 6.54 Å². The Morgan fingerprint density at radius 1 is 1.23 bits per heavy atom. The van der Waals surface area contributed by atoms with Crippen molar-refractivity contribution in [2.45, 2.75) is 19.6 Å². The average Bonchev–Trinajstić information content (AvgIpc) is 2.47. The minimum absolute atomic E-state index is 0.0802. The predicted octanol–water partition coefficient (Wildman–Crippen LogP) is 1.89. The fraction of sp³-hybridized carbons (Fsp3) is 0.286. The first kappa shape index (κ1) is 15.9. The molecular weight excluding hydrogens is 301 g/mol. The summed E-state index contributed by atoms with van der Waals surface area (Å²) in [6.07, 6.45) is -4.57. The number of nitrogen functional groups attached to an aromatic ring is 1. The first-order valence-electron chi connectivity index (χ1n) is 6.41. The molecule has 0 saturated heterocycles. The van der Waals surface area contributed by atoms with Crippen molar-refractivity contribution in [2.24, 2.45) is 0 Å². The molecule has 0 saturated carbocycles. The molecule has 5 nitrogen and oxygen atoms in total. The molecule has 0 aromatic heterocycles. The second-order valence-corrected chi connectivity index (χ2v) is 4.55. The largest absolute Gasteiger partial charge is 0.494 e. The van der Waals surface area contributed by atoms with Gasteiger partial charge < -0.3 is 15.8 Å². The van der Waals surface area contributed by atoms with Crippen LogP contribution in [0.4, 0.5) is 24.5 Å². The molecule has 0 amide bonds. The van der Waals surface area contributed by atoms with E-state index in [1.54, 1.807) is 6.92 Å². The third kappa shape index (κ3) is 2.90. The zero-order valence-corrected chi connectivity index (χ0v) is 11.6. The lowest BCUT2D eigenvalue weighted by atomic mass is 10.1. The van der Waals surface area contributed by atoms with Crippen LogP contribution in [0.15, 0.2) is 27.8 Å². The maximum atomic E-state index is 13.1. The van der Waals surface area contributed by atoms with Crippen molar-refractivity contribution in [2.75, 3.05) is 17.7 Å². The summed E-state index contributed by atoms with van der Waals surface area (Å²) in [5, 5.41) is 2.47. The number of hydrogen-bond acceptors (Lipinski definition) is 5. The summed E-state index contributed by atoms with van der Waals surface area (Å²) in [6, 6.07) is 3.55. The summed E-state index contributed by atoms with van der Waals surface area (Å²) in [4.78, 5) is 22.2. The Kier molecular flexibility index (Phi) is 4.11. The lowest BCUT2D eigenvalue weighted by Crippen LogP contribution is -2.37. The van der Waals surface area contributed by atoms with Crippen molar-refractivity contribution in [1.82, 2.24) is 0 Å². The highest BCUT2D eigenvalue weighted by atomic mass is 19.4. The quantitative estimate of drug-likeness (QED) is 0.824. The zero-order valence-electron chi connectivity index (χ0n) is 11.6. The van der Waals surface area contributed by atoms with Crippen LogP contribution in [0, 0.1) is 0 Å². The van der Waals surface area contributed by atoms with Gasteiger partial charge in [-0.05, 0) is 24.6 Å². The summed E-state index contributed by atoms with van der Waals surface area (Å²) in [6.45, 7) is 1.63. The van der Waals surface area contributed by atoms with Gasteiger partial charge >= 0.3 is 6.18 Å². The minimum Gasteiger partial charge on any atom is -0.494 e. The van der Waals surface area contributed by atoms with E-state index < -0.39 is 22.6 Å². The Balaban J connectivity index is 2.27. The first-order valence-corrected chi connectivity index (χ1v) is 6.41. The summed E-state index contributed by atoms with van der Waals surface area (Å²) in [5.74, 6) is 0.104. The normalized spacial score (nSPS) is 11.6. The Hall–Kier alpha value is -2.51. The molecule has 22 heavy (non-hydrogen) atoms. The highest BCUT2D eigenvalue weighted by molar-refractivity contribution is 5.71. The molecule has 2 rings (SSSR count). The molecule has 2 aromatic carbocycles. The summed E-state index contributed by atoms with van der Waals surface area (Å²) in [5.41, 5.74) is 2.30. The lowest BCUT2D eigenvalue weighted by molar-refractivity contribution is -0.138. The predicted molar refractivity (Wildman–Crippen MR) is 75.7 cm³/mol. The van der Waals surface area contributed by atoms with Gasteiger partial charge in [0.25, 0.3) is 10.9 Å².